The maximum atomic E-state index is 13.9. The molecular weight excluding hydrogens is 269 g/mol. The number of hydrogen-bond acceptors (Lipinski definition) is 3. The maximum absolute atomic E-state index is 13.9. The molecule has 1 unspecified atom stereocenters. The van der Waals surface area contributed by atoms with Gasteiger partial charge in [0.1, 0.15) is 5.82 Å². The molecule has 0 bridgehead atoms. The van der Waals surface area contributed by atoms with E-state index in [1.165, 1.54) is 17.2 Å². The predicted octanol–water partition coefficient (Wildman–Crippen LogP) is 2.98. The molecule has 4 heteroatoms. The minimum Gasteiger partial charge on any atom is -0.454 e. The van der Waals surface area contributed by atoms with E-state index in [1.807, 2.05) is 18.2 Å². The van der Waals surface area contributed by atoms with Gasteiger partial charge < -0.3 is 14.8 Å². The van der Waals surface area contributed by atoms with Gasteiger partial charge in [-0.15, -0.1) is 0 Å². The Morgan fingerprint density at radius 1 is 1.14 bits per heavy atom. The van der Waals surface area contributed by atoms with Crippen LogP contribution in [0.3, 0.4) is 0 Å². The summed E-state index contributed by atoms with van der Waals surface area (Å²) in [6.45, 7) is 1.18. The monoisotopic (exact) mass is 285 g/mol. The lowest BCUT2D eigenvalue weighted by Crippen LogP contribution is -2.31. The number of benzene rings is 2. The van der Waals surface area contributed by atoms with Gasteiger partial charge >= 0.3 is 0 Å². The third-order valence-corrected chi connectivity index (χ3v) is 4.18. The minimum absolute atomic E-state index is 0.111. The SMILES string of the molecule is Fc1ccccc1CC1NCCc2cc3c(cc21)OCO3. The van der Waals surface area contributed by atoms with Gasteiger partial charge in [0.05, 0.1) is 0 Å². The highest BCUT2D eigenvalue weighted by molar-refractivity contribution is 5.50. The summed E-state index contributed by atoms with van der Waals surface area (Å²) in [6, 6.07) is 11.2. The summed E-state index contributed by atoms with van der Waals surface area (Å²) < 4.78 is 24.8. The summed E-state index contributed by atoms with van der Waals surface area (Å²) in [7, 11) is 0. The molecule has 0 aromatic heterocycles. The van der Waals surface area contributed by atoms with Crippen LogP contribution < -0.4 is 14.8 Å². The Hall–Kier alpha value is -2.07. The lowest BCUT2D eigenvalue weighted by molar-refractivity contribution is 0.174. The van der Waals surface area contributed by atoms with E-state index in [4.69, 9.17) is 9.47 Å². The molecule has 2 aromatic carbocycles. The van der Waals surface area contributed by atoms with Gasteiger partial charge in [0, 0.05) is 6.04 Å². The Balaban J connectivity index is 1.69. The van der Waals surface area contributed by atoms with Crippen LogP contribution in [0.2, 0.25) is 0 Å². The van der Waals surface area contributed by atoms with Crippen LogP contribution in [0.5, 0.6) is 11.5 Å². The first-order valence-electron chi connectivity index (χ1n) is 7.20. The molecule has 2 aliphatic rings. The fraction of sp³-hybridized carbons (Fsp3) is 0.294. The van der Waals surface area contributed by atoms with Gasteiger partial charge in [0.15, 0.2) is 11.5 Å². The van der Waals surface area contributed by atoms with E-state index < -0.39 is 0 Å². The lowest BCUT2D eigenvalue weighted by atomic mass is 9.90. The molecule has 0 radical (unpaired) electrons. The van der Waals surface area contributed by atoms with E-state index in [0.29, 0.717) is 6.42 Å². The molecule has 2 heterocycles. The van der Waals surface area contributed by atoms with Crippen molar-refractivity contribution in [2.24, 2.45) is 0 Å². The molecule has 3 nitrogen and oxygen atoms in total. The number of nitrogens with one attached hydrogen (secondary N) is 1. The van der Waals surface area contributed by atoms with Gasteiger partial charge in [0.25, 0.3) is 0 Å². The first-order chi connectivity index (χ1) is 10.3. The summed E-state index contributed by atoms with van der Waals surface area (Å²) in [4.78, 5) is 0. The molecular formula is C17H16FNO2. The van der Waals surface area contributed by atoms with Crippen LogP contribution in [0.4, 0.5) is 4.39 Å². The molecule has 21 heavy (non-hydrogen) atoms. The van der Waals surface area contributed by atoms with Gasteiger partial charge in [-0.3, -0.25) is 0 Å². The van der Waals surface area contributed by atoms with Crippen LogP contribution in [0, 0.1) is 5.82 Å². The Labute approximate surface area is 122 Å². The molecule has 0 aliphatic carbocycles. The fourth-order valence-electron chi connectivity index (χ4n) is 3.10. The molecule has 1 atom stereocenters. The smallest absolute Gasteiger partial charge is 0.231 e. The molecule has 1 N–H and O–H groups in total. The zero-order chi connectivity index (χ0) is 14.2. The zero-order valence-corrected chi connectivity index (χ0v) is 11.6. The standard InChI is InChI=1S/C17H16FNO2/c18-14-4-2-1-3-12(14)7-15-13-9-17-16(20-10-21-17)8-11(13)5-6-19-15/h1-4,8-9,15,19H,5-7,10H2. The summed E-state index contributed by atoms with van der Waals surface area (Å²) in [5.41, 5.74) is 3.19. The van der Waals surface area contributed by atoms with Crippen molar-refractivity contribution >= 4 is 0 Å². The van der Waals surface area contributed by atoms with E-state index in [1.54, 1.807) is 6.07 Å². The Morgan fingerprint density at radius 3 is 2.81 bits per heavy atom. The molecule has 0 saturated carbocycles. The molecule has 0 spiro atoms. The van der Waals surface area contributed by atoms with E-state index >= 15 is 0 Å². The van der Waals surface area contributed by atoms with Crippen molar-refractivity contribution in [3.8, 4) is 11.5 Å². The van der Waals surface area contributed by atoms with Crippen molar-refractivity contribution < 1.29 is 13.9 Å². The largest absolute Gasteiger partial charge is 0.454 e. The first-order valence-corrected chi connectivity index (χ1v) is 7.20. The van der Waals surface area contributed by atoms with Crippen molar-refractivity contribution in [3.05, 3.63) is 58.9 Å². The molecule has 0 amide bonds. The second kappa shape index (κ2) is 5.04. The van der Waals surface area contributed by atoms with Crippen molar-refractivity contribution in [2.75, 3.05) is 13.3 Å². The van der Waals surface area contributed by atoms with Crippen molar-refractivity contribution in [1.82, 2.24) is 5.32 Å². The molecule has 108 valence electrons. The second-order valence-corrected chi connectivity index (χ2v) is 5.46. The van der Waals surface area contributed by atoms with Crippen LogP contribution in [0.25, 0.3) is 0 Å². The fourth-order valence-corrected chi connectivity index (χ4v) is 3.10. The van der Waals surface area contributed by atoms with Crippen LogP contribution >= 0.6 is 0 Å². The average molecular weight is 285 g/mol. The summed E-state index contributed by atoms with van der Waals surface area (Å²) in [5.74, 6) is 1.46. The number of halogens is 1. The topological polar surface area (TPSA) is 30.5 Å². The van der Waals surface area contributed by atoms with Crippen LogP contribution in [-0.2, 0) is 12.8 Å². The molecule has 2 aliphatic heterocycles. The highest BCUT2D eigenvalue weighted by atomic mass is 19.1. The van der Waals surface area contributed by atoms with Gasteiger partial charge in [0.2, 0.25) is 6.79 Å². The number of ether oxygens (including phenoxy) is 2. The normalized spacial score (nSPS) is 19.4. The molecule has 0 saturated heterocycles. The maximum Gasteiger partial charge on any atom is 0.231 e. The quantitative estimate of drug-likeness (QED) is 0.920. The van der Waals surface area contributed by atoms with Crippen LogP contribution in [-0.4, -0.2) is 13.3 Å². The van der Waals surface area contributed by atoms with E-state index in [0.717, 1.165) is 30.0 Å². The lowest BCUT2D eigenvalue weighted by Gasteiger charge is -2.27. The van der Waals surface area contributed by atoms with Crippen LogP contribution in [0.15, 0.2) is 36.4 Å². The van der Waals surface area contributed by atoms with Gasteiger partial charge in [-0.05, 0) is 54.3 Å². The summed E-state index contributed by atoms with van der Waals surface area (Å²) in [5, 5.41) is 3.48. The zero-order valence-electron chi connectivity index (χ0n) is 11.6. The predicted molar refractivity (Wildman–Crippen MR) is 77.1 cm³/mol. The Bertz CT molecular complexity index is 686. The van der Waals surface area contributed by atoms with Crippen molar-refractivity contribution in [2.45, 2.75) is 18.9 Å². The third kappa shape index (κ3) is 2.25. The van der Waals surface area contributed by atoms with Gasteiger partial charge in [-0.2, -0.15) is 0 Å². The Morgan fingerprint density at radius 2 is 1.95 bits per heavy atom. The number of rotatable bonds is 2. The van der Waals surface area contributed by atoms with E-state index in [9.17, 15) is 4.39 Å². The van der Waals surface area contributed by atoms with Crippen molar-refractivity contribution in [3.63, 3.8) is 0 Å². The van der Waals surface area contributed by atoms with Crippen molar-refractivity contribution in [1.29, 1.82) is 0 Å². The second-order valence-electron chi connectivity index (χ2n) is 5.46. The van der Waals surface area contributed by atoms with E-state index in [-0.39, 0.29) is 18.7 Å². The highest BCUT2D eigenvalue weighted by Crippen LogP contribution is 2.39. The highest BCUT2D eigenvalue weighted by Gasteiger charge is 2.25. The van der Waals surface area contributed by atoms with Crippen LogP contribution in [0.1, 0.15) is 22.7 Å². The molecule has 4 rings (SSSR count). The molecule has 0 fully saturated rings. The number of fused-ring (bicyclic) bond motifs is 2. The van der Waals surface area contributed by atoms with Gasteiger partial charge in [-0.25, -0.2) is 4.39 Å². The average Bonchev–Trinajstić information content (AvgIpc) is 2.95. The Kier molecular flexibility index (Phi) is 3.04. The first kappa shape index (κ1) is 12.7. The summed E-state index contributed by atoms with van der Waals surface area (Å²) in [6.07, 6.45) is 1.60. The minimum atomic E-state index is -0.146. The number of hydrogen-bond donors (Lipinski definition) is 1. The van der Waals surface area contributed by atoms with E-state index in [2.05, 4.69) is 11.4 Å². The third-order valence-electron chi connectivity index (χ3n) is 4.18. The summed E-state index contributed by atoms with van der Waals surface area (Å²) >= 11 is 0. The molecule has 2 aromatic rings. The van der Waals surface area contributed by atoms with Gasteiger partial charge in [-0.1, -0.05) is 18.2 Å².